The van der Waals surface area contributed by atoms with Gasteiger partial charge in [-0.25, -0.2) is 0 Å². The molecule has 0 atom stereocenters. The van der Waals surface area contributed by atoms with Gasteiger partial charge in [0.1, 0.15) is 0 Å². The summed E-state index contributed by atoms with van der Waals surface area (Å²) in [5, 5.41) is 0. The molecule has 0 rings (SSSR count). The van der Waals surface area contributed by atoms with E-state index in [1.54, 1.807) is 13.8 Å². The van der Waals surface area contributed by atoms with Gasteiger partial charge in [-0.05, 0) is 20.8 Å². The smallest absolute Gasteiger partial charge is 0.353 e. The molecule has 0 aliphatic heterocycles. The van der Waals surface area contributed by atoms with Crippen LogP contribution in [0.2, 0.25) is 0 Å². The van der Waals surface area contributed by atoms with Crippen LogP contribution in [0.4, 0.5) is 13.2 Å². The summed E-state index contributed by atoms with van der Waals surface area (Å²) >= 11 is 3.87. The van der Waals surface area contributed by atoms with Crippen LogP contribution in [0.1, 0.15) is 27.2 Å². The molecular weight excluding hydrogens is 253 g/mol. The summed E-state index contributed by atoms with van der Waals surface area (Å²) in [6.07, 6.45) is -5.51. The SMILES string of the molecule is CCOC(C/C(=C(/C)CS)C(F)(F)F)OCC. The zero-order valence-corrected chi connectivity index (χ0v) is 11.2. The van der Waals surface area contributed by atoms with Gasteiger partial charge in [-0.1, -0.05) is 5.57 Å². The number of halogens is 3. The number of rotatable bonds is 7. The summed E-state index contributed by atoms with van der Waals surface area (Å²) in [4.78, 5) is 0. The van der Waals surface area contributed by atoms with Crippen molar-refractivity contribution in [2.24, 2.45) is 0 Å². The zero-order chi connectivity index (χ0) is 13.5. The molecule has 102 valence electrons. The second-order valence-electron chi connectivity index (χ2n) is 3.46. The van der Waals surface area contributed by atoms with Crippen molar-refractivity contribution in [1.29, 1.82) is 0 Å². The van der Waals surface area contributed by atoms with E-state index in [4.69, 9.17) is 9.47 Å². The molecule has 0 heterocycles. The Bertz CT molecular complexity index is 246. The van der Waals surface area contributed by atoms with E-state index in [-0.39, 0.29) is 17.7 Å². The first-order valence-electron chi connectivity index (χ1n) is 5.46. The van der Waals surface area contributed by atoms with Crippen molar-refractivity contribution in [3.05, 3.63) is 11.1 Å². The summed E-state index contributed by atoms with van der Waals surface area (Å²) in [6.45, 7) is 5.49. The summed E-state index contributed by atoms with van der Waals surface area (Å²) < 4.78 is 48.6. The maximum Gasteiger partial charge on any atom is 0.412 e. The van der Waals surface area contributed by atoms with Crippen molar-refractivity contribution in [2.45, 2.75) is 39.7 Å². The third-order valence-corrected chi connectivity index (χ3v) is 2.64. The molecule has 0 aliphatic rings. The molecule has 0 amide bonds. The van der Waals surface area contributed by atoms with Gasteiger partial charge in [-0.2, -0.15) is 25.8 Å². The molecule has 0 aliphatic carbocycles. The molecule has 0 aromatic rings. The lowest BCUT2D eigenvalue weighted by Gasteiger charge is -2.21. The van der Waals surface area contributed by atoms with Crippen molar-refractivity contribution in [2.75, 3.05) is 19.0 Å². The normalized spacial score (nSPS) is 14.1. The first-order chi connectivity index (χ1) is 7.86. The van der Waals surface area contributed by atoms with Gasteiger partial charge in [0.25, 0.3) is 0 Å². The van der Waals surface area contributed by atoms with Gasteiger partial charge < -0.3 is 9.47 Å². The molecule has 0 saturated carbocycles. The quantitative estimate of drug-likeness (QED) is 0.434. The minimum atomic E-state index is -4.36. The van der Waals surface area contributed by atoms with Crippen molar-refractivity contribution in [3.8, 4) is 0 Å². The lowest BCUT2D eigenvalue weighted by atomic mass is 10.1. The molecule has 0 saturated heterocycles. The van der Waals surface area contributed by atoms with Gasteiger partial charge in [0, 0.05) is 31.0 Å². The maximum absolute atomic E-state index is 12.8. The van der Waals surface area contributed by atoms with Crippen LogP contribution < -0.4 is 0 Å². The van der Waals surface area contributed by atoms with E-state index < -0.39 is 18.0 Å². The molecule has 0 radical (unpaired) electrons. The zero-order valence-electron chi connectivity index (χ0n) is 10.3. The Morgan fingerprint density at radius 1 is 1.18 bits per heavy atom. The fraction of sp³-hybridized carbons (Fsp3) is 0.818. The van der Waals surface area contributed by atoms with Crippen LogP contribution >= 0.6 is 12.6 Å². The molecule has 0 N–H and O–H groups in total. The van der Waals surface area contributed by atoms with Crippen LogP contribution in [0.15, 0.2) is 11.1 Å². The Morgan fingerprint density at radius 3 is 1.94 bits per heavy atom. The minimum absolute atomic E-state index is 0.0693. The molecule has 0 spiro atoms. The predicted octanol–water partition coefficient (Wildman–Crippen LogP) is 3.58. The summed E-state index contributed by atoms with van der Waals surface area (Å²) in [7, 11) is 0. The standard InChI is InChI=1S/C11H19F3O2S/c1-4-15-10(16-5-2)6-9(8(3)7-17)11(12,13)14/h10,17H,4-7H2,1-3H3/b9-8+. The van der Waals surface area contributed by atoms with Crippen molar-refractivity contribution in [1.82, 2.24) is 0 Å². The van der Waals surface area contributed by atoms with Gasteiger partial charge in [-0.15, -0.1) is 0 Å². The Morgan fingerprint density at radius 2 is 1.65 bits per heavy atom. The Hall–Kier alpha value is -0.200. The fourth-order valence-corrected chi connectivity index (χ4v) is 1.52. The van der Waals surface area contributed by atoms with Gasteiger partial charge in [0.15, 0.2) is 6.29 Å². The second-order valence-corrected chi connectivity index (χ2v) is 3.78. The number of alkyl halides is 3. The average molecular weight is 272 g/mol. The second kappa shape index (κ2) is 8.00. The third kappa shape index (κ3) is 6.33. The van der Waals surface area contributed by atoms with Crippen molar-refractivity contribution >= 4 is 12.6 Å². The van der Waals surface area contributed by atoms with Gasteiger partial charge in [-0.3, -0.25) is 0 Å². The summed E-state index contributed by atoms with van der Waals surface area (Å²) in [5.41, 5.74) is -0.412. The van der Waals surface area contributed by atoms with Crippen molar-refractivity contribution < 1.29 is 22.6 Å². The molecular formula is C11H19F3O2S. The summed E-state index contributed by atoms with van der Waals surface area (Å²) in [6, 6.07) is 0. The first-order valence-corrected chi connectivity index (χ1v) is 6.09. The van der Waals surface area contributed by atoms with Crippen LogP contribution in [0.25, 0.3) is 0 Å². The van der Waals surface area contributed by atoms with Gasteiger partial charge in [0.2, 0.25) is 0 Å². The molecule has 6 heteroatoms. The number of ether oxygens (including phenoxy) is 2. The monoisotopic (exact) mass is 272 g/mol. The van der Waals surface area contributed by atoms with Crippen LogP contribution in [-0.4, -0.2) is 31.4 Å². The molecule has 0 bridgehead atoms. The van der Waals surface area contributed by atoms with Crippen LogP contribution in [0.5, 0.6) is 0 Å². The largest absolute Gasteiger partial charge is 0.412 e. The van der Waals surface area contributed by atoms with Crippen molar-refractivity contribution in [3.63, 3.8) is 0 Å². The average Bonchev–Trinajstić information content (AvgIpc) is 2.23. The number of thiol groups is 1. The van der Waals surface area contributed by atoms with Gasteiger partial charge in [0.05, 0.1) is 0 Å². The maximum atomic E-state index is 12.8. The fourth-order valence-electron chi connectivity index (χ4n) is 1.33. The highest BCUT2D eigenvalue weighted by atomic mass is 32.1. The van der Waals surface area contributed by atoms with Crippen LogP contribution in [0, 0.1) is 0 Å². The lowest BCUT2D eigenvalue weighted by molar-refractivity contribution is -0.151. The van der Waals surface area contributed by atoms with E-state index in [0.717, 1.165) is 0 Å². The van der Waals surface area contributed by atoms with Gasteiger partial charge >= 0.3 is 6.18 Å². The highest BCUT2D eigenvalue weighted by Crippen LogP contribution is 2.32. The summed E-state index contributed by atoms with van der Waals surface area (Å²) in [5.74, 6) is 0.0693. The molecule has 0 unspecified atom stereocenters. The van der Waals surface area contributed by atoms with E-state index in [2.05, 4.69) is 12.6 Å². The van der Waals surface area contributed by atoms with E-state index >= 15 is 0 Å². The Kier molecular flexibility index (Phi) is 7.91. The van der Waals surface area contributed by atoms with E-state index in [1.807, 2.05) is 0 Å². The van der Waals surface area contributed by atoms with E-state index in [9.17, 15) is 13.2 Å². The topological polar surface area (TPSA) is 18.5 Å². The third-order valence-electron chi connectivity index (χ3n) is 2.17. The van der Waals surface area contributed by atoms with E-state index in [0.29, 0.717) is 13.2 Å². The first kappa shape index (κ1) is 16.8. The molecule has 2 nitrogen and oxygen atoms in total. The Labute approximate surface area is 106 Å². The predicted molar refractivity (Wildman–Crippen MR) is 64.3 cm³/mol. The molecule has 0 fully saturated rings. The minimum Gasteiger partial charge on any atom is -0.353 e. The highest BCUT2D eigenvalue weighted by molar-refractivity contribution is 7.80. The Balaban J connectivity index is 4.84. The lowest BCUT2D eigenvalue weighted by Crippen LogP contribution is -2.24. The highest BCUT2D eigenvalue weighted by Gasteiger charge is 2.36. The molecule has 0 aromatic carbocycles. The van der Waals surface area contributed by atoms with Crippen LogP contribution in [0.3, 0.4) is 0 Å². The van der Waals surface area contributed by atoms with E-state index in [1.165, 1.54) is 6.92 Å². The molecule has 0 aromatic heterocycles. The van der Waals surface area contributed by atoms with Crippen LogP contribution in [-0.2, 0) is 9.47 Å². The molecule has 17 heavy (non-hydrogen) atoms. The number of hydrogen-bond donors (Lipinski definition) is 1. The number of hydrogen-bond acceptors (Lipinski definition) is 3.